The van der Waals surface area contributed by atoms with Gasteiger partial charge in [0.05, 0.1) is 5.56 Å². The fourth-order valence-corrected chi connectivity index (χ4v) is 3.03. The topological polar surface area (TPSA) is 59.8 Å². The Labute approximate surface area is 144 Å². The number of fused-ring (bicyclic) bond motifs is 1. The summed E-state index contributed by atoms with van der Waals surface area (Å²) in [5, 5.41) is 0.980. The van der Waals surface area contributed by atoms with Crippen LogP contribution in [-0.2, 0) is 16.1 Å². The zero-order valence-corrected chi connectivity index (χ0v) is 13.6. The van der Waals surface area contributed by atoms with Crippen molar-refractivity contribution in [1.29, 1.82) is 0 Å². The zero-order valence-electron chi connectivity index (χ0n) is 13.6. The highest BCUT2D eigenvalue weighted by atomic mass is 16.5. The Morgan fingerprint density at radius 3 is 2.64 bits per heavy atom. The molecule has 1 aliphatic heterocycles. The summed E-state index contributed by atoms with van der Waals surface area (Å²) in [5.74, 6) is 0.314. The zero-order chi connectivity index (χ0) is 17.2. The highest BCUT2D eigenvalue weighted by Crippen LogP contribution is 2.22. The summed E-state index contributed by atoms with van der Waals surface area (Å²) in [7, 11) is 0. The third kappa shape index (κ3) is 3.13. The molecule has 126 valence electrons. The second kappa shape index (κ2) is 6.43. The standard InChI is InChI=1S/C20H17NO4/c22-19-6-3-11-21(19)16-9-7-14(8-10-16)20(23)24-13-17-12-15-4-1-2-5-18(15)25-17/h1-2,4-5,7-10,12H,3,6,11,13H2. The molecule has 2 heterocycles. The van der Waals surface area contributed by atoms with Crippen LogP contribution >= 0.6 is 0 Å². The van der Waals surface area contributed by atoms with E-state index in [4.69, 9.17) is 9.15 Å². The van der Waals surface area contributed by atoms with Crippen molar-refractivity contribution in [2.24, 2.45) is 0 Å². The first-order valence-electron chi connectivity index (χ1n) is 8.26. The molecule has 2 aromatic carbocycles. The predicted molar refractivity (Wildman–Crippen MR) is 93.4 cm³/mol. The number of rotatable bonds is 4. The monoisotopic (exact) mass is 335 g/mol. The van der Waals surface area contributed by atoms with Crippen LogP contribution in [0.2, 0.25) is 0 Å². The number of nitrogens with zero attached hydrogens (tertiary/aromatic N) is 1. The summed E-state index contributed by atoms with van der Waals surface area (Å²) in [4.78, 5) is 25.7. The number of esters is 1. The number of ether oxygens (including phenoxy) is 1. The van der Waals surface area contributed by atoms with Crippen molar-refractivity contribution in [3.05, 3.63) is 65.9 Å². The van der Waals surface area contributed by atoms with E-state index in [0.29, 0.717) is 17.7 Å². The van der Waals surface area contributed by atoms with Gasteiger partial charge in [0.15, 0.2) is 0 Å². The molecule has 1 saturated heterocycles. The predicted octanol–water partition coefficient (Wildman–Crippen LogP) is 3.92. The van der Waals surface area contributed by atoms with E-state index in [1.165, 1.54) is 0 Å². The van der Waals surface area contributed by atoms with Crippen LogP contribution in [0, 0.1) is 0 Å². The highest BCUT2D eigenvalue weighted by molar-refractivity contribution is 5.96. The lowest BCUT2D eigenvalue weighted by atomic mass is 10.2. The maximum Gasteiger partial charge on any atom is 0.338 e. The molecule has 25 heavy (non-hydrogen) atoms. The molecule has 0 radical (unpaired) electrons. The molecular weight excluding hydrogens is 318 g/mol. The van der Waals surface area contributed by atoms with Crippen molar-refractivity contribution in [2.75, 3.05) is 11.4 Å². The first-order valence-corrected chi connectivity index (χ1v) is 8.26. The van der Waals surface area contributed by atoms with E-state index in [2.05, 4.69) is 0 Å². The molecule has 0 unspecified atom stereocenters. The number of furan rings is 1. The summed E-state index contributed by atoms with van der Waals surface area (Å²) in [6.07, 6.45) is 1.46. The van der Waals surface area contributed by atoms with E-state index in [0.717, 1.165) is 29.6 Å². The highest BCUT2D eigenvalue weighted by Gasteiger charge is 2.21. The van der Waals surface area contributed by atoms with Gasteiger partial charge >= 0.3 is 5.97 Å². The van der Waals surface area contributed by atoms with Gasteiger partial charge < -0.3 is 14.1 Å². The van der Waals surface area contributed by atoms with Crippen LogP contribution in [0.1, 0.15) is 29.0 Å². The first kappa shape index (κ1) is 15.4. The van der Waals surface area contributed by atoms with E-state index in [1.54, 1.807) is 29.2 Å². The Morgan fingerprint density at radius 1 is 1.12 bits per heavy atom. The minimum atomic E-state index is -0.417. The van der Waals surface area contributed by atoms with Gasteiger partial charge in [-0.05, 0) is 42.8 Å². The third-order valence-electron chi connectivity index (χ3n) is 4.31. The minimum Gasteiger partial charge on any atom is -0.457 e. The molecule has 0 bridgehead atoms. The van der Waals surface area contributed by atoms with Crippen LogP contribution in [0.25, 0.3) is 11.0 Å². The number of carbonyl (C=O) groups excluding carboxylic acids is 2. The first-order chi connectivity index (χ1) is 12.2. The van der Waals surface area contributed by atoms with Gasteiger partial charge in [0, 0.05) is 24.0 Å². The van der Waals surface area contributed by atoms with Crippen molar-refractivity contribution in [3.8, 4) is 0 Å². The molecule has 1 aromatic heterocycles. The summed E-state index contributed by atoms with van der Waals surface area (Å²) in [6, 6.07) is 16.4. The van der Waals surface area contributed by atoms with Crippen molar-refractivity contribution >= 4 is 28.5 Å². The summed E-state index contributed by atoms with van der Waals surface area (Å²) in [5.41, 5.74) is 2.04. The van der Waals surface area contributed by atoms with Gasteiger partial charge in [0.2, 0.25) is 5.91 Å². The summed E-state index contributed by atoms with van der Waals surface area (Å²) < 4.78 is 10.9. The number of hydrogen-bond donors (Lipinski definition) is 0. The molecule has 0 saturated carbocycles. The Bertz CT molecular complexity index is 893. The number of carbonyl (C=O) groups is 2. The molecule has 5 heteroatoms. The maximum atomic E-state index is 12.2. The lowest BCUT2D eigenvalue weighted by Crippen LogP contribution is -2.23. The Balaban J connectivity index is 1.41. The van der Waals surface area contributed by atoms with Gasteiger partial charge in [0.1, 0.15) is 18.0 Å². The smallest absolute Gasteiger partial charge is 0.338 e. The van der Waals surface area contributed by atoms with Crippen LogP contribution in [0.4, 0.5) is 5.69 Å². The van der Waals surface area contributed by atoms with Crippen molar-refractivity contribution in [2.45, 2.75) is 19.4 Å². The van der Waals surface area contributed by atoms with Crippen molar-refractivity contribution in [1.82, 2.24) is 0 Å². The number of hydrogen-bond acceptors (Lipinski definition) is 4. The van der Waals surface area contributed by atoms with E-state index in [-0.39, 0.29) is 12.5 Å². The minimum absolute atomic E-state index is 0.0832. The molecule has 0 N–H and O–H groups in total. The van der Waals surface area contributed by atoms with Crippen molar-refractivity contribution in [3.63, 3.8) is 0 Å². The van der Waals surface area contributed by atoms with E-state index >= 15 is 0 Å². The van der Waals surface area contributed by atoms with Crippen LogP contribution in [0.5, 0.6) is 0 Å². The van der Waals surface area contributed by atoms with Gasteiger partial charge in [-0.15, -0.1) is 0 Å². The summed E-state index contributed by atoms with van der Waals surface area (Å²) >= 11 is 0. The number of benzene rings is 2. The van der Waals surface area contributed by atoms with E-state index in [9.17, 15) is 9.59 Å². The van der Waals surface area contributed by atoms with Gasteiger partial charge in [-0.1, -0.05) is 18.2 Å². The van der Waals surface area contributed by atoms with Crippen LogP contribution in [0.3, 0.4) is 0 Å². The molecule has 0 atom stereocenters. The molecule has 0 spiro atoms. The molecular formula is C20H17NO4. The van der Waals surface area contributed by atoms with Crippen molar-refractivity contribution < 1.29 is 18.7 Å². The lowest BCUT2D eigenvalue weighted by molar-refractivity contribution is -0.117. The average Bonchev–Trinajstić information content (AvgIpc) is 3.25. The molecule has 1 aliphatic rings. The molecule has 1 amide bonds. The average molecular weight is 335 g/mol. The molecule has 4 rings (SSSR count). The van der Waals surface area contributed by atoms with Crippen LogP contribution in [0.15, 0.2) is 59.0 Å². The normalized spacial score (nSPS) is 14.2. The fraction of sp³-hybridized carbons (Fsp3) is 0.200. The number of amides is 1. The molecule has 3 aromatic rings. The molecule has 1 fully saturated rings. The van der Waals surface area contributed by atoms with Gasteiger partial charge in [0.25, 0.3) is 0 Å². The SMILES string of the molecule is O=C(OCc1cc2ccccc2o1)c1ccc(N2CCCC2=O)cc1. The fourth-order valence-electron chi connectivity index (χ4n) is 3.03. The Kier molecular flexibility index (Phi) is 3.98. The second-order valence-electron chi connectivity index (χ2n) is 6.02. The molecule has 0 aliphatic carbocycles. The third-order valence-corrected chi connectivity index (χ3v) is 4.31. The Hall–Kier alpha value is -3.08. The van der Waals surface area contributed by atoms with Gasteiger partial charge in [-0.2, -0.15) is 0 Å². The Morgan fingerprint density at radius 2 is 1.92 bits per heavy atom. The summed E-state index contributed by atoms with van der Waals surface area (Å²) in [6.45, 7) is 0.814. The van der Waals surface area contributed by atoms with E-state index < -0.39 is 5.97 Å². The van der Waals surface area contributed by atoms with Crippen LogP contribution in [-0.4, -0.2) is 18.4 Å². The molecule has 5 nitrogen and oxygen atoms in total. The van der Waals surface area contributed by atoms with Gasteiger partial charge in [-0.3, -0.25) is 4.79 Å². The maximum absolute atomic E-state index is 12.2. The quantitative estimate of drug-likeness (QED) is 0.678. The van der Waals surface area contributed by atoms with Crippen LogP contribution < -0.4 is 4.90 Å². The largest absolute Gasteiger partial charge is 0.457 e. The van der Waals surface area contributed by atoms with E-state index in [1.807, 2.05) is 30.3 Å². The lowest BCUT2D eigenvalue weighted by Gasteiger charge is -2.15. The number of para-hydroxylation sites is 1. The van der Waals surface area contributed by atoms with Gasteiger partial charge in [-0.25, -0.2) is 4.79 Å². The number of anilines is 1. The second-order valence-corrected chi connectivity index (χ2v) is 6.02.